The van der Waals surface area contributed by atoms with Crippen LogP contribution in [0.25, 0.3) is 11.0 Å². The molecule has 0 radical (unpaired) electrons. The fourth-order valence-electron chi connectivity index (χ4n) is 3.41. The zero-order chi connectivity index (χ0) is 22.2. The van der Waals surface area contributed by atoms with Crippen molar-refractivity contribution in [1.29, 1.82) is 0 Å². The molecular formula is C22H18Cl2N6O2. The normalized spacial score (nSPS) is 13.2. The molecule has 32 heavy (non-hydrogen) atoms. The SMILES string of the molecule is COc1cc2[nH]c(Nc3c(Cl)cncc3Cl)nc2cc1C(=O)Nc1ccc(C2CC2)cn1. The molecule has 8 nitrogen and oxygen atoms in total. The van der Waals surface area contributed by atoms with Crippen molar-refractivity contribution in [3.05, 3.63) is 64.0 Å². The van der Waals surface area contributed by atoms with Gasteiger partial charge in [0.15, 0.2) is 0 Å². The first kappa shape index (κ1) is 20.5. The molecule has 0 aliphatic heterocycles. The second kappa shape index (κ2) is 8.29. The highest BCUT2D eigenvalue weighted by Crippen LogP contribution is 2.39. The lowest BCUT2D eigenvalue weighted by Crippen LogP contribution is -2.14. The number of rotatable bonds is 6. The van der Waals surface area contributed by atoms with Crippen LogP contribution < -0.4 is 15.4 Å². The number of methoxy groups -OCH3 is 1. The molecule has 0 unspecified atom stereocenters. The summed E-state index contributed by atoms with van der Waals surface area (Å²) in [6, 6.07) is 7.18. The molecule has 3 N–H and O–H groups in total. The van der Waals surface area contributed by atoms with Crippen LogP contribution >= 0.6 is 23.2 Å². The number of carbonyl (C=O) groups is 1. The van der Waals surface area contributed by atoms with Gasteiger partial charge in [0.25, 0.3) is 5.91 Å². The highest BCUT2D eigenvalue weighted by atomic mass is 35.5. The minimum atomic E-state index is -0.340. The van der Waals surface area contributed by atoms with E-state index in [1.54, 1.807) is 12.1 Å². The van der Waals surface area contributed by atoms with Gasteiger partial charge in [0.1, 0.15) is 11.6 Å². The number of nitrogens with one attached hydrogen (secondary N) is 3. The van der Waals surface area contributed by atoms with Crippen molar-refractivity contribution >= 4 is 57.6 Å². The maximum absolute atomic E-state index is 12.9. The monoisotopic (exact) mass is 468 g/mol. The summed E-state index contributed by atoms with van der Waals surface area (Å²) in [6.45, 7) is 0. The molecule has 4 aromatic rings. The van der Waals surface area contributed by atoms with E-state index in [0.29, 0.717) is 55.8 Å². The molecule has 10 heteroatoms. The van der Waals surface area contributed by atoms with Crippen molar-refractivity contribution in [2.24, 2.45) is 0 Å². The Labute approximate surface area is 193 Å². The summed E-state index contributed by atoms with van der Waals surface area (Å²) in [7, 11) is 1.51. The van der Waals surface area contributed by atoms with E-state index in [4.69, 9.17) is 27.9 Å². The molecule has 1 saturated carbocycles. The minimum Gasteiger partial charge on any atom is -0.496 e. The first-order valence-corrected chi connectivity index (χ1v) is 10.7. The second-order valence-corrected chi connectivity index (χ2v) is 8.28. The van der Waals surface area contributed by atoms with E-state index in [2.05, 4.69) is 30.6 Å². The van der Waals surface area contributed by atoms with Crippen LogP contribution in [-0.2, 0) is 0 Å². The summed E-state index contributed by atoms with van der Waals surface area (Å²) in [4.78, 5) is 28.8. The van der Waals surface area contributed by atoms with E-state index >= 15 is 0 Å². The van der Waals surface area contributed by atoms with Gasteiger partial charge >= 0.3 is 0 Å². The number of nitrogens with zero attached hydrogens (tertiary/aromatic N) is 3. The first-order chi connectivity index (χ1) is 15.5. The minimum absolute atomic E-state index is 0.339. The van der Waals surface area contributed by atoms with Gasteiger partial charge in [-0.15, -0.1) is 0 Å². The number of H-pyrrole nitrogens is 1. The smallest absolute Gasteiger partial charge is 0.260 e. The number of aromatic amines is 1. The number of anilines is 3. The number of hydrogen-bond acceptors (Lipinski definition) is 6. The fourth-order valence-corrected chi connectivity index (χ4v) is 3.87. The van der Waals surface area contributed by atoms with Crippen LogP contribution in [0.3, 0.4) is 0 Å². The van der Waals surface area contributed by atoms with Gasteiger partial charge in [-0.2, -0.15) is 0 Å². The summed E-state index contributed by atoms with van der Waals surface area (Å²) >= 11 is 12.3. The van der Waals surface area contributed by atoms with Crippen LogP contribution in [0.5, 0.6) is 5.75 Å². The topological polar surface area (TPSA) is 105 Å². The number of carbonyl (C=O) groups excluding carboxylic acids is 1. The molecule has 0 atom stereocenters. The Morgan fingerprint density at radius 3 is 2.59 bits per heavy atom. The van der Waals surface area contributed by atoms with Crippen molar-refractivity contribution in [3.63, 3.8) is 0 Å². The van der Waals surface area contributed by atoms with Gasteiger partial charge in [-0.25, -0.2) is 9.97 Å². The quantitative estimate of drug-likeness (QED) is 0.343. The lowest BCUT2D eigenvalue weighted by atomic mass is 10.1. The number of benzene rings is 1. The highest BCUT2D eigenvalue weighted by molar-refractivity contribution is 6.39. The molecule has 162 valence electrons. The number of hydrogen-bond donors (Lipinski definition) is 3. The number of ether oxygens (including phenoxy) is 1. The summed E-state index contributed by atoms with van der Waals surface area (Å²) in [5.41, 5.74) is 3.26. The Morgan fingerprint density at radius 2 is 1.94 bits per heavy atom. The molecule has 0 saturated heterocycles. The van der Waals surface area contributed by atoms with E-state index in [0.717, 1.165) is 0 Å². The van der Waals surface area contributed by atoms with Gasteiger partial charge in [-0.1, -0.05) is 29.3 Å². The van der Waals surface area contributed by atoms with Crippen LogP contribution in [0.4, 0.5) is 17.5 Å². The van der Waals surface area contributed by atoms with Crippen LogP contribution in [0.15, 0.2) is 42.9 Å². The van der Waals surface area contributed by atoms with Gasteiger partial charge in [0.2, 0.25) is 5.95 Å². The Balaban J connectivity index is 1.41. The lowest BCUT2D eigenvalue weighted by molar-refractivity contribution is 0.102. The summed E-state index contributed by atoms with van der Waals surface area (Å²) in [6.07, 6.45) is 7.17. The predicted molar refractivity (Wildman–Crippen MR) is 124 cm³/mol. The third-order valence-electron chi connectivity index (χ3n) is 5.22. The van der Waals surface area contributed by atoms with Gasteiger partial charge in [-0.05, 0) is 36.5 Å². The maximum Gasteiger partial charge on any atom is 0.260 e. The summed E-state index contributed by atoms with van der Waals surface area (Å²) in [5, 5.41) is 6.59. The van der Waals surface area contributed by atoms with Crippen molar-refractivity contribution in [2.75, 3.05) is 17.7 Å². The van der Waals surface area contributed by atoms with Gasteiger partial charge < -0.3 is 20.4 Å². The number of pyridine rings is 2. The van der Waals surface area contributed by atoms with Crippen molar-refractivity contribution in [2.45, 2.75) is 18.8 Å². The van der Waals surface area contributed by atoms with Gasteiger partial charge in [-0.3, -0.25) is 9.78 Å². The molecule has 3 heterocycles. The molecule has 1 aliphatic rings. The average molecular weight is 469 g/mol. The Kier molecular flexibility index (Phi) is 5.32. The molecule has 3 aromatic heterocycles. The standard InChI is InChI=1S/C22H18Cl2N6O2/c1-32-18-7-17-16(27-22(28-17)30-20-14(23)9-25-10-15(20)24)6-13(18)21(31)29-19-5-4-12(8-26-19)11-2-3-11/h4-11H,2-3H2,1H3,(H,26,29,31)(H2,25,27,28,30). The van der Waals surface area contributed by atoms with Gasteiger partial charge in [0.05, 0.1) is 39.4 Å². The van der Waals surface area contributed by atoms with E-state index < -0.39 is 0 Å². The third-order valence-corrected chi connectivity index (χ3v) is 5.79. The Bertz CT molecular complexity index is 1300. The molecule has 1 aliphatic carbocycles. The van der Waals surface area contributed by atoms with Crippen LogP contribution in [0, 0.1) is 0 Å². The number of halogens is 2. The molecular weight excluding hydrogens is 451 g/mol. The Hall–Kier alpha value is -3.36. The van der Waals surface area contributed by atoms with Crippen LogP contribution in [0.2, 0.25) is 10.0 Å². The van der Waals surface area contributed by atoms with Crippen molar-refractivity contribution in [3.8, 4) is 5.75 Å². The van der Waals surface area contributed by atoms with Crippen molar-refractivity contribution < 1.29 is 9.53 Å². The van der Waals surface area contributed by atoms with Crippen molar-refractivity contribution in [1.82, 2.24) is 19.9 Å². The molecule has 1 fully saturated rings. The van der Waals surface area contributed by atoms with Crippen LogP contribution in [0.1, 0.15) is 34.7 Å². The first-order valence-electron chi connectivity index (χ1n) is 9.93. The van der Waals surface area contributed by atoms with Gasteiger partial charge in [0, 0.05) is 24.7 Å². The number of imidazole rings is 1. The number of aromatic nitrogens is 4. The molecule has 0 bridgehead atoms. The molecule has 1 aromatic carbocycles. The molecule has 5 rings (SSSR count). The van der Waals surface area contributed by atoms with E-state index in [1.165, 1.54) is 37.9 Å². The Morgan fingerprint density at radius 1 is 1.16 bits per heavy atom. The third kappa shape index (κ3) is 4.06. The average Bonchev–Trinajstić information content (AvgIpc) is 3.56. The lowest BCUT2D eigenvalue weighted by Gasteiger charge is -2.09. The number of fused-ring (bicyclic) bond motifs is 1. The zero-order valence-corrected chi connectivity index (χ0v) is 18.5. The number of amides is 1. The molecule has 1 amide bonds. The zero-order valence-electron chi connectivity index (χ0n) is 16.9. The molecule has 0 spiro atoms. The highest BCUT2D eigenvalue weighted by Gasteiger charge is 2.24. The summed E-state index contributed by atoms with van der Waals surface area (Å²) in [5.74, 6) is 1.56. The fraction of sp³-hybridized carbons (Fsp3) is 0.182. The van der Waals surface area contributed by atoms with E-state index in [9.17, 15) is 4.79 Å². The van der Waals surface area contributed by atoms with E-state index in [-0.39, 0.29) is 5.91 Å². The second-order valence-electron chi connectivity index (χ2n) is 7.46. The van der Waals surface area contributed by atoms with Crippen LogP contribution in [-0.4, -0.2) is 33.0 Å². The summed E-state index contributed by atoms with van der Waals surface area (Å²) < 4.78 is 5.44. The maximum atomic E-state index is 12.9. The van der Waals surface area contributed by atoms with E-state index in [1.807, 2.05) is 18.3 Å². The predicted octanol–water partition coefficient (Wildman–Crippen LogP) is 5.54. The largest absolute Gasteiger partial charge is 0.496 e.